The molecule has 0 unspecified atom stereocenters. The Hall–Kier alpha value is -3.55. The summed E-state index contributed by atoms with van der Waals surface area (Å²) in [7, 11) is 0. The second kappa shape index (κ2) is 11.9. The molecule has 0 bridgehead atoms. The van der Waals surface area contributed by atoms with E-state index in [1.54, 1.807) is 27.7 Å². The number of benzene rings is 2. The number of nitrogens with one attached hydrogen (secondary N) is 2. The van der Waals surface area contributed by atoms with E-state index < -0.39 is 35.8 Å². The molecule has 8 heteroatoms. The van der Waals surface area contributed by atoms with E-state index in [-0.39, 0.29) is 13.1 Å². The zero-order chi connectivity index (χ0) is 24.4. The molecule has 2 rings (SSSR count). The summed E-state index contributed by atoms with van der Waals surface area (Å²) in [4.78, 5) is 38.0. The number of nitrogens with zero attached hydrogens (tertiary/aromatic N) is 1. The molecule has 0 fully saturated rings. The Kier molecular flexibility index (Phi) is 9.27. The SMILES string of the molecule is C[C@@H](NC(=O)OC(C)(C)C)C(=O)NC[C@H](Cc1ccccc1)N(Cc1ccccc1)C(=O)O. The Balaban J connectivity index is 2.10. The van der Waals surface area contributed by atoms with Crippen LogP contribution in [-0.4, -0.2) is 52.3 Å². The van der Waals surface area contributed by atoms with E-state index in [0.717, 1.165) is 11.1 Å². The summed E-state index contributed by atoms with van der Waals surface area (Å²) >= 11 is 0. The molecule has 3 N–H and O–H groups in total. The van der Waals surface area contributed by atoms with E-state index in [2.05, 4.69) is 10.6 Å². The highest BCUT2D eigenvalue weighted by Crippen LogP contribution is 2.14. The van der Waals surface area contributed by atoms with Gasteiger partial charge in [-0.2, -0.15) is 0 Å². The summed E-state index contributed by atoms with van der Waals surface area (Å²) in [5.74, 6) is -0.427. The van der Waals surface area contributed by atoms with Gasteiger partial charge in [-0.3, -0.25) is 9.69 Å². The van der Waals surface area contributed by atoms with Gasteiger partial charge in [-0.1, -0.05) is 60.7 Å². The van der Waals surface area contributed by atoms with Crippen molar-refractivity contribution in [2.24, 2.45) is 0 Å². The van der Waals surface area contributed by atoms with E-state index in [1.165, 1.54) is 4.90 Å². The monoisotopic (exact) mass is 455 g/mol. The number of hydrogen-bond acceptors (Lipinski definition) is 4. The molecule has 2 aromatic carbocycles. The van der Waals surface area contributed by atoms with Crippen LogP contribution in [0.4, 0.5) is 9.59 Å². The van der Waals surface area contributed by atoms with Crippen LogP contribution in [0.1, 0.15) is 38.8 Å². The number of alkyl carbamates (subject to hydrolysis) is 1. The van der Waals surface area contributed by atoms with Crippen LogP contribution in [-0.2, 0) is 22.5 Å². The van der Waals surface area contributed by atoms with Crippen molar-refractivity contribution in [2.45, 2.75) is 58.3 Å². The first-order valence-electron chi connectivity index (χ1n) is 10.9. The van der Waals surface area contributed by atoms with Gasteiger partial charge in [-0.05, 0) is 45.2 Å². The molecule has 2 aromatic rings. The van der Waals surface area contributed by atoms with Gasteiger partial charge in [0.1, 0.15) is 11.6 Å². The van der Waals surface area contributed by atoms with Crippen molar-refractivity contribution < 1.29 is 24.2 Å². The van der Waals surface area contributed by atoms with Gasteiger partial charge in [0.25, 0.3) is 0 Å². The largest absolute Gasteiger partial charge is 0.465 e. The zero-order valence-electron chi connectivity index (χ0n) is 19.6. The van der Waals surface area contributed by atoms with Crippen LogP contribution >= 0.6 is 0 Å². The molecule has 0 heterocycles. The fourth-order valence-electron chi connectivity index (χ4n) is 3.23. The minimum atomic E-state index is -1.08. The highest BCUT2D eigenvalue weighted by atomic mass is 16.6. The average molecular weight is 456 g/mol. The Morgan fingerprint density at radius 1 is 0.970 bits per heavy atom. The zero-order valence-corrected chi connectivity index (χ0v) is 19.6. The second-order valence-electron chi connectivity index (χ2n) is 8.85. The van der Waals surface area contributed by atoms with Crippen LogP contribution in [0, 0.1) is 0 Å². The van der Waals surface area contributed by atoms with Gasteiger partial charge >= 0.3 is 12.2 Å². The molecule has 0 aliphatic carbocycles. The third-order valence-corrected chi connectivity index (χ3v) is 4.83. The summed E-state index contributed by atoms with van der Waals surface area (Å²) in [5.41, 5.74) is 1.13. The lowest BCUT2D eigenvalue weighted by atomic mass is 10.0. The summed E-state index contributed by atoms with van der Waals surface area (Å²) in [6.07, 6.45) is -1.34. The summed E-state index contributed by atoms with van der Waals surface area (Å²) < 4.78 is 5.18. The lowest BCUT2D eigenvalue weighted by Crippen LogP contribution is -2.51. The number of amides is 3. The predicted octanol–water partition coefficient (Wildman–Crippen LogP) is 3.81. The molecule has 0 saturated carbocycles. The third-order valence-electron chi connectivity index (χ3n) is 4.83. The smallest absolute Gasteiger partial charge is 0.408 e. The second-order valence-corrected chi connectivity index (χ2v) is 8.85. The number of carbonyl (C=O) groups excluding carboxylic acids is 2. The molecule has 0 aromatic heterocycles. The fourth-order valence-corrected chi connectivity index (χ4v) is 3.23. The number of ether oxygens (including phenoxy) is 1. The van der Waals surface area contributed by atoms with Gasteiger partial charge in [0, 0.05) is 13.1 Å². The van der Waals surface area contributed by atoms with Gasteiger partial charge in [-0.15, -0.1) is 0 Å². The molecule has 0 aliphatic heterocycles. The van der Waals surface area contributed by atoms with Crippen LogP contribution in [0.25, 0.3) is 0 Å². The molecule has 0 spiro atoms. The van der Waals surface area contributed by atoms with E-state index in [4.69, 9.17) is 4.74 Å². The molecular formula is C25H33N3O5. The Morgan fingerprint density at radius 2 is 1.52 bits per heavy atom. The maximum absolute atomic E-state index is 12.6. The topological polar surface area (TPSA) is 108 Å². The molecule has 0 saturated heterocycles. The number of rotatable bonds is 9. The normalized spacial score (nSPS) is 12.8. The van der Waals surface area contributed by atoms with E-state index in [0.29, 0.717) is 6.42 Å². The number of carbonyl (C=O) groups is 3. The van der Waals surface area contributed by atoms with Gasteiger partial charge in [0.2, 0.25) is 5.91 Å². The van der Waals surface area contributed by atoms with Crippen molar-refractivity contribution in [3.63, 3.8) is 0 Å². The first-order chi connectivity index (χ1) is 15.5. The first kappa shape index (κ1) is 25.7. The summed E-state index contributed by atoms with van der Waals surface area (Å²) in [6, 6.07) is 17.5. The highest BCUT2D eigenvalue weighted by Gasteiger charge is 2.26. The van der Waals surface area contributed by atoms with Crippen molar-refractivity contribution in [3.8, 4) is 0 Å². The van der Waals surface area contributed by atoms with E-state index >= 15 is 0 Å². The molecule has 8 nitrogen and oxygen atoms in total. The predicted molar refractivity (Wildman–Crippen MR) is 126 cm³/mol. The molecule has 33 heavy (non-hydrogen) atoms. The van der Waals surface area contributed by atoms with Crippen molar-refractivity contribution in [3.05, 3.63) is 71.8 Å². The maximum Gasteiger partial charge on any atom is 0.408 e. The molecule has 178 valence electrons. The van der Waals surface area contributed by atoms with Crippen LogP contribution in [0.15, 0.2) is 60.7 Å². The van der Waals surface area contributed by atoms with Crippen molar-refractivity contribution in [1.29, 1.82) is 0 Å². The van der Waals surface area contributed by atoms with Gasteiger partial charge < -0.3 is 20.5 Å². The quantitative estimate of drug-likeness (QED) is 0.533. The fraction of sp³-hybridized carbons (Fsp3) is 0.400. The van der Waals surface area contributed by atoms with Crippen LogP contribution in [0.5, 0.6) is 0 Å². The van der Waals surface area contributed by atoms with E-state index in [9.17, 15) is 19.5 Å². The van der Waals surface area contributed by atoms with Gasteiger partial charge in [0.15, 0.2) is 0 Å². The van der Waals surface area contributed by atoms with Crippen LogP contribution in [0.2, 0.25) is 0 Å². The van der Waals surface area contributed by atoms with Crippen LogP contribution < -0.4 is 10.6 Å². The molecule has 0 radical (unpaired) electrons. The molecule has 2 atom stereocenters. The molecule has 3 amide bonds. The minimum Gasteiger partial charge on any atom is -0.465 e. The van der Waals surface area contributed by atoms with E-state index in [1.807, 2.05) is 60.7 Å². The van der Waals surface area contributed by atoms with Crippen molar-refractivity contribution in [2.75, 3.05) is 6.54 Å². The Bertz CT molecular complexity index is 913. The standard InChI is InChI=1S/C25H33N3O5/c1-18(27-23(30)33-25(2,3)4)22(29)26-16-21(15-19-11-7-5-8-12-19)28(24(31)32)17-20-13-9-6-10-14-20/h5-14,18,21H,15-17H2,1-4H3,(H,26,29)(H,27,30)(H,31,32)/t18-,21+/m1/s1. The molecule has 0 aliphatic rings. The van der Waals surface area contributed by atoms with Crippen LogP contribution in [0.3, 0.4) is 0 Å². The minimum absolute atomic E-state index is 0.0905. The number of carboxylic acid groups (broad SMARTS) is 1. The van der Waals surface area contributed by atoms with Crippen molar-refractivity contribution >= 4 is 18.1 Å². The maximum atomic E-state index is 12.6. The Labute approximate surface area is 194 Å². The molecular weight excluding hydrogens is 422 g/mol. The third kappa shape index (κ3) is 9.22. The Morgan fingerprint density at radius 3 is 2.03 bits per heavy atom. The average Bonchev–Trinajstić information content (AvgIpc) is 2.74. The van der Waals surface area contributed by atoms with Crippen molar-refractivity contribution in [1.82, 2.24) is 15.5 Å². The first-order valence-corrected chi connectivity index (χ1v) is 10.9. The van der Waals surface area contributed by atoms with Gasteiger partial charge in [-0.25, -0.2) is 9.59 Å². The van der Waals surface area contributed by atoms with Gasteiger partial charge in [0.05, 0.1) is 6.04 Å². The highest BCUT2D eigenvalue weighted by molar-refractivity contribution is 5.85. The summed E-state index contributed by atoms with van der Waals surface area (Å²) in [5, 5.41) is 15.2. The number of hydrogen-bond donors (Lipinski definition) is 3. The lowest BCUT2D eigenvalue weighted by Gasteiger charge is -2.30. The lowest BCUT2D eigenvalue weighted by molar-refractivity contribution is -0.123. The summed E-state index contributed by atoms with van der Waals surface area (Å²) in [6.45, 7) is 7.03.